The van der Waals surface area contributed by atoms with Crippen molar-refractivity contribution in [2.75, 3.05) is 47.5 Å². The minimum atomic E-state index is -4.62. The summed E-state index contributed by atoms with van der Waals surface area (Å²) in [6, 6.07) is 0. The van der Waals surface area contributed by atoms with Crippen molar-refractivity contribution < 1.29 is 42.1 Å². The molecule has 368 valence electrons. The second-order valence-corrected chi connectivity index (χ2v) is 20.7. The third kappa shape index (κ3) is 48.2. The van der Waals surface area contributed by atoms with Gasteiger partial charge in [0, 0.05) is 12.8 Å². The number of carbonyl (C=O) groups is 2. The fourth-order valence-electron chi connectivity index (χ4n) is 7.64. The van der Waals surface area contributed by atoms with E-state index in [0.717, 1.165) is 57.8 Å². The number of hydrogen-bond donors (Lipinski definition) is 0. The number of allylic oxidation sites excluding steroid dienone is 2. The minimum Gasteiger partial charge on any atom is -0.756 e. The highest BCUT2D eigenvalue weighted by Crippen LogP contribution is 2.38. The Hall–Kier alpha value is -1.25. The van der Waals surface area contributed by atoms with Crippen LogP contribution in [0.4, 0.5) is 0 Å². The van der Waals surface area contributed by atoms with Gasteiger partial charge in [-0.1, -0.05) is 225 Å². The van der Waals surface area contributed by atoms with Crippen LogP contribution in [0.25, 0.3) is 0 Å². The molecule has 2 atom stereocenters. The zero-order valence-electron chi connectivity index (χ0n) is 41.6. The number of ether oxygens (including phenoxy) is 2. The molecule has 0 aliphatic carbocycles. The number of phosphoric acid groups is 1. The fraction of sp³-hybridized carbons (Fsp3) is 0.923. The summed E-state index contributed by atoms with van der Waals surface area (Å²) in [4.78, 5) is 37.6. The van der Waals surface area contributed by atoms with Gasteiger partial charge in [-0.25, -0.2) is 0 Å². The van der Waals surface area contributed by atoms with Gasteiger partial charge < -0.3 is 27.9 Å². The number of carbonyl (C=O) groups excluding carboxylic acids is 2. The Bertz CT molecular complexity index is 1060. The molecule has 0 heterocycles. The Balaban J connectivity index is 4.02. The van der Waals surface area contributed by atoms with Crippen molar-refractivity contribution >= 4 is 19.8 Å². The SMILES string of the molecule is CCCC/C=C\CCCCCCCC(=O)OC(COC(=O)CCCCCCCCCCCCCCCCCCCCCCCCCCCCC)COP(=O)([O-])OCC[N+](C)(C)C. The predicted molar refractivity (Wildman–Crippen MR) is 259 cm³/mol. The molecule has 0 rings (SSSR count). The molecule has 0 radical (unpaired) electrons. The van der Waals surface area contributed by atoms with Crippen molar-refractivity contribution in [2.24, 2.45) is 0 Å². The van der Waals surface area contributed by atoms with Gasteiger partial charge in [-0.05, 0) is 32.1 Å². The zero-order chi connectivity index (χ0) is 45.7. The van der Waals surface area contributed by atoms with Crippen LogP contribution in [0.15, 0.2) is 12.2 Å². The first-order valence-electron chi connectivity index (χ1n) is 26.4. The van der Waals surface area contributed by atoms with Crippen molar-refractivity contribution in [1.29, 1.82) is 0 Å². The van der Waals surface area contributed by atoms with E-state index in [0.29, 0.717) is 17.4 Å². The molecule has 0 aliphatic rings. The van der Waals surface area contributed by atoms with E-state index in [1.165, 1.54) is 167 Å². The maximum Gasteiger partial charge on any atom is 0.306 e. The molecule has 0 aliphatic heterocycles. The lowest BCUT2D eigenvalue weighted by atomic mass is 10.0. The number of rotatable bonds is 49. The van der Waals surface area contributed by atoms with Crippen molar-refractivity contribution in [3.8, 4) is 0 Å². The van der Waals surface area contributed by atoms with E-state index in [4.69, 9.17) is 18.5 Å². The smallest absolute Gasteiger partial charge is 0.306 e. The van der Waals surface area contributed by atoms with Gasteiger partial charge in [0.2, 0.25) is 0 Å². The van der Waals surface area contributed by atoms with E-state index in [1.54, 1.807) is 0 Å². The molecule has 0 bridgehead atoms. The molecule has 0 saturated heterocycles. The molecule has 0 aromatic heterocycles. The Morgan fingerprint density at radius 2 is 0.839 bits per heavy atom. The van der Waals surface area contributed by atoms with Gasteiger partial charge in [-0.2, -0.15) is 0 Å². The Morgan fingerprint density at radius 3 is 1.24 bits per heavy atom. The van der Waals surface area contributed by atoms with Crippen molar-refractivity contribution in [1.82, 2.24) is 0 Å². The van der Waals surface area contributed by atoms with Gasteiger partial charge in [0.05, 0.1) is 27.7 Å². The topological polar surface area (TPSA) is 111 Å². The van der Waals surface area contributed by atoms with Gasteiger partial charge in [-0.3, -0.25) is 14.2 Å². The third-order valence-corrected chi connectivity index (χ3v) is 12.7. The van der Waals surface area contributed by atoms with Crippen LogP contribution >= 0.6 is 7.82 Å². The Kier molecular flexibility index (Phi) is 44.0. The lowest BCUT2D eigenvalue weighted by Crippen LogP contribution is -2.37. The normalized spacial score (nSPS) is 13.5. The highest BCUT2D eigenvalue weighted by molar-refractivity contribution is 7.45. The van der Waals surface area contributed by atoms with E-state index in [1.807, 2.05) is 21.1 Å². The summed E-state index contributed by atoms with van der Waals surface area (Å²) in [5.74, 6) is -0.832. The average Bonchev–Trinajstić information content (AvgIpc) is 3.23. The summed E-state index contributed by atoms with van der Waals surface area (Å²) in [5, 5.41) is 0. The molecule has 2 unspecified atom stereocenters. The first kappa shape index (κ1) is 60.8. The lowest BCUT2D eigenvalue weighted by molar-refractivity contribution is -0.870. The number of nitrogens with zero attached hydrogens (tertiary/aromatic N) is 1. The minimum absolute atomic E-state index is 0.0293. The van der Waals surface area contributed by atoms with Crippen LogP contribution in [0.3, 0.4) is 0 Å². The zero-order valence-corrected chi connectivity index (χ0v) is 42.5. The summed E-state index contributed by atoms with van der Waals surface area (Å²) in [5.41, 5.74) is 0. The highest BCUT2D eigenvalue weighted by Gasteiger charge is 2.21. The van der Waals surface area contributed by atoms with E-state index < -0.39 is 26.5 Å². The number of unbranched alkanes of at least 4 members (excludes halogenated alkanes) is 33. The second-order valence-electron chi connectivity index (χ2n) is 19.2. The Morgan fingerprint density at radius 1 is 0.484 bits per heavy atom. The molecule has 0 saturated carbocycles. The van der Waals surface area contributed by atoms with Gasteiger partial charge in [-0.15, -0.1) is 0 Å². The van der Waals surface area contributed by atoms with Crippen LogP contribution in [-0.4, -0.2) is 70.0 Å². The summed E-state index contributed by atoms with van der Waals surface area (Å²) in [7, 11) is 1.17. The first-order chi connectivity index (χ1) is 30.0. The largest absolute Gasteiger partial charge is 0.756 e. The average molecular weight is 900 g/mol. The number of quaternary nitrogens is 1. The molecule has 0 fully saturated rings. The molecule has 0 N–H and O–H groups in total. The molecule has 0 amide bonds. The molecular formula is C52H102NO8P. The molecule has 10 heteroatoms. The quantitative estimate of drug-likeness (QED) is 0.0195. The fourth-order valence-corrected chi connectivity index (χ4v) is 8.37. The number of esters is 2. The highest BCUT2D eigenvalue weighted by atomic mass is 31.2. The van der Waals surface area contributed by atoms with Crippen LogP contribution in [0.1, 0.15) is 258 Å². The molecule has 0 spiro atoms. The Labute approximate surface area is 384 Å². The van der Waals surface area contributed by atoms with Crippen molar-refractivity contribution in [3.63, 3.8) is 0 Å². The summed E-state index contributed by atoms with van der Waals surface area (Å²) < 4.78 is 34.0. The monoisotopic (exact) mass is 900 g/mol. The van der Waals surface area contributed by atoms with E-state index in [9.17, 15) is 19.0 Å². The lowest BCUT2D eigenvalue weighted by Gasteiger charge is -2.28. The number of phosphoric ester groups is 1. The summed E-state index contributed by atoms with van der Waals surface area (Å²) in [6.45, 7) is 4.22. The number of hydrogen-bond acceptors (Lipinski definition) is 8. The molecule has 0 aromatic rings. The van der Waals surface area contributed by atoms with E-state index >= 15 is 0 Å². The van der Waals surface area contributed by atoms with Gasteiger partial charge in [0.15, 0.2) is 6.10 Å². The van der Waals surface area contributed by atoms with Gasteiger partial charge in [0.25, 0.3) is 7.82 Å². The number of likely N-dealkylation sites (N-methyl/N-ethyl adjacent to an activating group) is 1. The second kappa shape index (κ2) is 44.9. The van der Waals surface area contributed by atoms with Gasteiger partial charge in [0.1, 0.15) is 19.8 Å². The third-order valence-electron chi connectivity index (χ3n) is 11.8. The van der Waals surface area contributed by atoms with E-state index in [-0.39, 0.29) is 32.0 Å². The van der Waals surface area contributed by atoms with Gasteiger partial charge >= 0.3 is 11.9 Å². The van der Waals surface area contributed by atoms with Crippen molar-refractivity contribution in [2.45, 2.75) is 264 Å². The van der Waals surface area contributed by atoms with Crippen LogP contribution in [0.5, 0.6) is 0 Å². The molecule has 0 aromatic carbocycles. The van der Waals surface area contributed by atoms with E-state index in [2.05, 4.69) is 26.0 Å². The van der Waals surface area contributed by atoms with Crippen LogP contribution in [-0.2, 0) is 32.7 Å². The molecule has 62 heavy (non-hydrogen) atoms. The first-order valence-corrected chi connectivity index (χ1v) is 27.9. The maximum atomic E-state index is 12.7. The van der Waals surface area contributed by atoms with Crippen LogP contribution < -0.4 is 4.89 Å². The predicted octanol–water partition coefficient (Wildman–Crippen LogP) is 15.1. The van der Waals surface area contributed by atoms with Crippen molar-refractivity contribution in [3.05, 3.63) is 12.2 Å². The van der Waals surface area contributed by atoms with Crippen LogP contribution in [0.2, 0.25) is 0 Å². The summed E-state index contributed by atoms with van der Waals surface area (Å²) >= 11 is 0. The summed E-state index contributed by atoms with van der Waals surface area (Å²) in [6.07, 6.45) is 49.8. The van der Waals surface area contributed by atoms with Crippen LogP contribution in [0, 0.1) is 0 Å². The molecule has 9 nitrogen and oxygen atoms in total. The standard InChI is InChI=1S/C52H102NO8P/c1-6-8-10-12-14-16-18-19-20-21-22-23-24-25-26-27-28-29-30-31-32-33-35-36-38-40-42-44-51(54)58-48-50(49-60-62(56,57)59-47-46-53(3,4)5)61-52(55)45-43-41-39-37-34-17-15-13-11-9-7-2/h13,15,50H,6-12,14,16-49H2,1-5H3/b15-13-. The molecular weight excluding hydrogens is 798 g/mol. The maximum absolute atomic E-state index is 12.7.